The Morgan fingerprint density at radius 3 is 2.32 bits per heavy atom. The molecule has 2 aromatic rings. The number of likely N-dealkylation sites (N-methyl/N-ethyl adjacent to an activating group) is 1. The van der Waals surface area contributed by atoms with Crippen molar-refractivity contribution in [2.75, 3.05) is 45.7 Å². The van der Waals surface area contributed by atoms with Crippen LogP contribution in [0.4, 0.5) is 31.7 Å². The van der Waals surface area contributed by atoms with Crippen LogP contribution in [0.25, 0.3) is 0 Å². The van der Waals surface area contributed by atoms with E-state index >= 15 is 0 Å². The van der Waals surface area contributed by atoms with Crippen LogP contribution in [0.3, 0.4) is 0 Å². The van der Waals surface area contributed by atoms with Gasteiger partial charge in [0.1, 0.15) is 5.82 Å². The number of hydrogen-bond donors (Lipinski definition) is 2. The summed E-state index contributed by atoms with van der Waals surface area (Å²) in [4.78, 5) is 34.9. The zero-order valence-corrected chi connectivity index (χ0v) is 24.1. The summed E-state index contributed by atoms with van der Waals surface area (Å²) in [5.74, 6) is -3.09. The Balaban J connectivity index is 1.29. The summed E-state index contributed by atoms with van der Waals surface area (Å²) in [7, 11) is -1.91. The van der Waals surface area contributed by atoms with Crippen LogP contribution in [0.2, 0.25) is 0 Å². The van der Waals surface area contributed by atoms with Gasteiger partial charge in [-0.3, -0.25) is 19.2 Å². The fourth-order valence-electron chi connectivity index (χ4n) is 6.60. The summed E-state index contributed by atoms with van der Waals surface area (Å²) in [6.45, 7) is 3.10. The van der Waals surface area contributed by atoms with Gasteiger partial charge in [-0.05, 0) is 75.1 Å². The van der Waals surface area contributed by atoms with Gasteiger partial charge in [0.15, 0.2) is 0 Å². The molecular weight excluding hydrogens is 552 g/mol. The summed E-state index contributed by atoms with van der Waals surface area (Å²) in [6, 6.07) is 6.58. The molecule has 6 rings (SSSR count). The number of carbonyl (C=O) groups is 2. The number of piperidine rings is 1. The molecule has 0 unspecified atom stereocenters. The number of amides is 2. The molecule has 2 aliphatic carbocycles. The van der Waals surface area contributed by atoms with Crippen LogP contribution in [0.1, 0.15) is 74.2 Å². The SMILES string of the molecule is CCS(=O)(=O)Nc1ccc(C(=O)Nc2cnc3c(c2)C2(CCC(F)(F)CC2)C(=O)N3C)c(N2CCC3(CC2)CC3)c1. The highest BCUT2D eigenvalue weighted by molar-refractivity contribution is 7.92. The maximum Gasteiger partial charge on any atom is 0.257 e. The van der Waals surface area contributed by atoms with Crippen molar-refractivity contribution in [3.8, 4) is 0 Å². The summed E-state index contributed by atoms with van der Waals surface area (Å²) < 4.78 is 55.1. The Morgan fingerprint density at radius 1 is 1.00 bits per heavy atom. The number of rotatable bonds is 6. The van der Waals surface area contributed by atoms with Crippen molar-refractivity contribution in [1.82, 2.24) is 4.98 Å². The number of benzene rings is 1. The number of nitrogens with zero attached hydrogens (tertiary/aromatic N) is 3. The lowest BCUT2D eigenvalue weighted by atomic mass is 9.69. The summed E-state index contributed by atoms with van der Waals surface area (Å²) in [6.07, 6.45) is 5.26. The minimum absolute atomic E-state index is 0.0188. The van der Waals surface area contributed by atoms with Crippen LogP contribution >= 0.6 is 0 Å². The topological polar surface area (TPSA) is 112 Å². The molecule has 4 aliphatic rings. The maximum absolute atomic E-state index is 14.0. The Kier molecular flexibility index (Phi) is 6.55. The highest BCUT2D eigenvalue weighted by Crippen LogP contribution is 2.54. The zero-order chi connectivity index (χ0) is 29.2. The van der Waals surface area contributed by atoms with Crippen LogP contribution in [0.5, 0.6) is 0 Å². The van der Waals surface area contributed by atoms with Crippen molar-refractivity contribution in [3.05, 3.63) is 41.6 Å². The number of hydrogen-bond acceptors (Lipinski definition) is 6. The molecule has 0 atom stereocenters. The molecular formula is C29H35F2N5O4S. The monoisotopic (exact) mass is 587 g/mol. The normalized spacial score (nSPS) is 22.1. The van der Waals surface area contributed by atoms with Crippen molar-refractivity contribution < 1.29 is 26.8 Å². The van der Waals surface area contributed by atoms with Crippen molar-refractivity contribution in [1.29, 1.82) is 0 Å². The van der Waals surface area contributed by atoms with Gasteiger partial charge >= 0.3 is 0 Å². The van der Waals surface area contributed by atoms with E-state index in [0.717, 1.165) is 25.9 Å². The molecule has 2 spiro atoms. The number of alkyl halides is 2. The van der Waals surface area contributed by atoms with E-state index in [9.17, 15) is 26.8 Å². The minimum atomic E-state index is -3.50. The molecule has 1 aromatic carbocycles. The van der Waals surface area contributed by atoms with Crippen molar-refractivity contribution in [2.24, 2.45) is 5.41 Å². The Labute approximate surface area is 238 Å². The molecule has 0 radical (unpaired) electrons. The number of carbonyl (C=O) groups excluding carboxylic acids is 2. The molecule has 9 nitrogen and oxygen atoms in total. The second-order valence-electron chi connectivity index (χ2n) is 12.1. The van der Waals surface area contributed by atoms with Gasteiger partial charge in [0.2, 0.25) is 21.9 Å². The third-order valence-corrected chi connectivity index (χ3v) is 10.8. The molecule has 12 heteroatoms. The maximum atomic E-state index is 14.0. The number of sulfonamides is 1. The number of aromatic nitrogens is 1. The molecule has 1 saturated heterocycles. The first-order chi connectivity index (χ1) is 19.4. The first kappa shape index (κ1) is 27.9. The number of halogens is 2. The average molecular weight is 588 g/mol. The van der Waals surface area contributed by atoms with Crippen LogP contribution in [-0.4, -0.2) is 57.0 Å². The van der Waals surface area contributed by atoms with E-state index in [2.05, 4.69) is 19.9 Å². The van der Waals surface area contributed by atoms with E-state index in [4.69, 9.17) is 0 Å². The van der Waals surface area contributed by atoms with Gasteiger partial charge in [-0.2, -0.15) is 0 Å². The van der Waals surface area contributed by atoms with Gasteiger partial charge in [-0.15, -0.1) is 0 Å². The van der Waals surface area contributed by atoms with Gasteiger partial charge in [0.25, 0.3) is 5.91 Å². The highest BCUT2D eigenvalue weighted by atomic mass is 32.2. The molecule has 2 N–H and O–H groups in total. The quantitative estimate of drug-likeness (QED) is 0.498. The first-order valence-corrected chi connectivity index (χ1v) is 15.9. The average Bonchev–Trinajstić information content (AvgIpc) is 3.67. The van der Waals surface area contributed by atoms with Gasteiger partial charge in [0, 0.05) is 38.5 Å². The standard InChI is InChI=1S/C29H35F2N5O4S/c1-3-41(39,40)34-19-4-5-21(23(17-19)36-14-12-27(6-7-27)13-15-36)25(37)33-20-16-22-24(32-18-20)35(2)26(38)28(22)8-10-29(30,31)11-9-28/h4-5,16-18,34H,3,6-15H2,1-2H3,(H,33,37). The second-order valence-corrected chi connectivity index (χ2v) is 14.1. The molecule has 220 valence electrons. The van der Waals surface area contributed by atoms with Gasteiger partial charge in [-0.25, -0.2) is 22.2 Å². The predicted octanol–water partition coefficient (Wildman–Crippen LogP) is 4.90. The number of pyridine rings is 1. The Bertz CT molecular complexity index is 1510. The minimum Gasteiger partial charge on any atom is -0.371 e. The summed E-state index contributed by atoms with van der Waals surface area (Å²) in [5, 5.41) is 2.90. The van der Waals surface area contributed by atoms with E-state index in [1.165, 1.54) is 23.9 Å². The number of nitrogens with one attached hydrogen (secondary N) is 2. The molecule has 3 fully saturated rings. The van der Waals surface area contributed by atoms with Gasteiger partial charge in [0.05, 0.1) is 40.0 Å². The molecule has 2 saturated carbocycles. The zero-order valence-electron chi connectivity index (χ0n) is 23.3. The lowest BCUT2D eigenvalue weighted by Crippen LogP contribution is -2.44. The number of anilines is 4. The molecule has 2 aliphatic heterocycles. The third kappa shape index (κ3) is 5.04. The van der Waals surface area contributed by atoms with Gasteiger partial charge in [-0.1, -0.05) is 0 Å². The van der Waals surface area contributed by atoms with Gasteiger partial charge < -0.3 is 10.2 Å². The fourth-order valence-corrected chi connectivity index (χ4v) is 7.23. The van der Waals surface area contributed by atoms with Crippen LogP contribution in [0.15, 0.2) is 30.5 Å². The Hall–Kier alpha value is -3.28. The molecule has 3 heterocycles. The smallest absolute Gasteiger partial charge is 0.257 e. The molecule has 2 amide bonds. The van der Waals surface area contributed by atoms with E-state index in [1.807, 2.05) is 0 Å². The largest absolute Gasteiger partial charge is 0.371 e. The highest BCUT2D eigenvalue weighted by Gasteiger charge is 2.55. The van der Waals surface area contributed by atoms with Crippen molar-refractivity contribution in [2.45, 2.75) is 69.6 Å². The third-order valence-electron chi connectivity index (χ3n) is 9.52. The second kappa shape index (κ2) is 9.64. The lowest BCUT2D eigenvalue weighted by molar-refractivity contribution is -0.127. The van der Waals surface area contributed by atoms with Crippen molar-refractivity contribution >= 4 is 44.7 Å². The number of fused-ring (bicyclic) bond motifs is 2. The van der Waals surface area contributed by atoms with E-state index in [-0.39, 0.29) is 37.3 Å². The van der Waals surface area contributed by atoms with Crippen LogP contribution < -0.4 is 19.8 Å². The Morgan fingerprint density at radius 2 is 1.68 bits per heavy atom. The summed E-state index contributed by atoms with van der Waals surface area (Å²) >= 11 is 0. The molecule has 41 heavy (non-hydrogen) atoms. The van der Waals surface area contributed by atoms with E-state index < -0.39 is 27.3 Å². The van der Waals surface area contributed by atoms with Crippen molar-refractivity contribution in [3.63, 3.8) is 0 Å². The lowest BCUT2D eigenvalue weighted by Gasteiger charge is -2.36. The fraction of sp³-hybridized carbons (Fsp3) is 0.552. The van der Waals surface area contributed by atoms with E-state index in [0.29, 0.717) is 39.4 Å². The summed E-state index contributed by atoms with van der Waals surface area (Å²) in [5.41, 5.74) is 1.69. The predicted molar refractivity (Wildman–Crippen MR) is 153 cm³/mol. The van der Waals surface area contributed by atoms with E-state index in [1.54, 1.807) is 38.2 Å². The van der Waals surface area contributed by atoms with Crippen LogP contribution in [0, 0.1) is 5.41 Å². The molecule has 0 bridgehead atoms. The first-order valence-electron chi connectivity index (χ1n) is 14.2. The van der Waals surface area contributed by atoms with Crippen LogP contribution in [-0.2, 0) is 20.2 Å². The molecule has 1 aromatic heterocycles.